The Balaban J connectivity index is 1.95. The number of hydrogen-bond acceptors (Lipinski definition) is 5. The quantitative estimate of drug-likeness (QED) is 0.867. The Kier molecular flexibility index (Phi) is 4.37. The van der Waals surface area contributed by atoms with E-state index in [0.29, 0.717) is 17.4 Å². The molecule has 1 aliphatic rings. The number of hydrogen-bond donors (Lipinski definition) is 0. The molecule has 0 aromatic heterocycles. The molecule has 124 valence electrons. The molecule has 6 nitrogen and oxygen atoms in total. The van der Waals surface area contributed by atoms with Crippen LogP contribution in [-0.2, 0) is 9.53 Å². The Hall–Kier alpha value is -3.02. The van der Waals surface area contributed by atoms with Crippen LogP contribution in [0.5, 0.6) is 11.5 Å². The summed E-state index contributed by atoms with van der Waals surface area (Å²) in [5.74, 6) is 1.37. The van der Waals surface area contributed by atoms with Crippen LogP contribution < -0.4 is 9.47 Å². The van der Waals surface area contributed by atoms with Gasteiger partial charge in [0.15, 0.2) is 11.5 Å². The van der Waals surface area contributed by atoms with E-state index >= 15 is 0 Å². The Morgan fingerprint density at radius 3 is 2.42 bits per heavy atom. The van der Waals surface area contributed by atoms with Gasteiger partial charge in [0.05, 0.1) is 14.2 Å². The number of nitrogens with zero attached hydrogens (tertiary/aromatic N) is 2. The molecule has 2 aromatic rings. The van der Waals surface area contributed by atoms with Crippen molar-refractivity contribution in [3.8, 4) is 11.5 Å². The maximum Gasteiger partial charge on any atom is 0.243 e. The van der Waals surface area contributed by atoms with Gasteiger partial charge in [0.2, 0.25) is 18.0 Å². The van der Waals surface area contributed by atoms with E-state index in [1.165, 1.54) is 11.9 Å². The number of ether oxygens (including phenoxy) is 3. The molecular weight excluding hydrogens is 308 g/mol. The first-order valence-corrected chi connectivity index (χ1v) is 7.46. The molecule has 1 aliphatic heterocycles. The van der Waals surface area contributed by atoms with E-state index in [9.17, 15) is 4.79 Å². The van der Waals surface area contributed by atoms with Gasteiger partial charge < -0.3 is 14.2 Å². The minimum atomic E-state index is -0.641. The lowest BCUT2D eigenvalue weighted by Gasteiger charge is -2.20. The van der Waals surface area contributed by atoms with Crippen molar-refractivity contribution in [2.75, 3.05) is 14.2 Å². The van der Waals surface area contributed by atoms with Crippen molar-refractivity contribution in [1.82, 2.24) is 5.01 Å². The number of hydrazone groups is 1. The predicted molar refractivity (Wildman–Crippen MR) is 88.9 cm³/mol. The summed E-state index contributed by atoms with van der Waals surface area (Å²) in [6.45, 7) is 1.45. The van der Waals surface area contributed by atoms with Crippen LogP contribution in [0, 0.1) is 0 Å². The van der Waals surface area contributed by atoms with Crippen molar-refractivity contribution >= 4 is 11.8 Å². The first-order chi connectivity index (χ1) is 11.6. The Morgan fingerprint density at radius 1 is 1.08 bits per heavy atom. The SMILES string of the molecule is COc1ccc(C2OC(c3ccccc3)=NN2C(C)=O)cc1OC. The number of rotatable bonds is 4. The van der Waals surface area contributed by atoms with Crippen molar-refractivity contribution in [2.24, 2.45) is 5.10 Å². The second kappa shape index (κ2) is 6.62. The first kappa shape index (κ1) is 15.9. The molecule has 1 heterocycles. The molecule has 0 radical (unpaired) electrons. The highest BCUT2D eigenvalue weighted by atomic mass is 16.5. The second-order valence-corrected chi connectivity index (χ2v) is 5.22. The summed E-state index contributed by atoms with van der Waals surface area (Å²) >= 11 is 0. The lowest BCUT2D eigenvalue weighted by molar-refractivity contribution is -0.135. The van der Waals surface area contributed by atoms with E-state index in [-0.39, 0.29) is 5.91 Å². The molecule has 1 unspecified atom stereocenters. The molecule has 0 saturated carbocycles. The minimum Gasteiger partial charge on any atom is -0.493 e. The Labute approximate surface area is 140 Å². The molecule has 1 atom stereocenters. The Bertz CT molecular complexity index is 774. The van der Waals surface area contributed by atoms with Gasteiger partial charge in [0.25, 0.3) is 0 Å². The third-order valence-electron chi connectivity index (χ3n) is 3.68. The number of methoxy groups -OCH3 is 2. The number of benzene rings is 2. The molecule has 0 aliphatic carbocycles. The van der Waals surface area contributed by atoms with Gasteiger partial charge in [-0.2, -0.15) is 5.01 Å². The zero-order valence-electron chi connectivity index (χ0n) is 13.7. The van der Waals surface area contributed by atoms with E-state index in [1.807, 2.05) is 36.4 Å². The van der Waals surface area contributed by atoms with Gasteiger partial charge >= 0.3 is 0 Å². The zero-order chi connectivity index (χ0) is 17.1. The van der Waals surface area contributed by atoms with E-state index in [0.717, 1.165) is 11.1 Å². The largest absolute Gasteiger partial charge is 0.493 e. The van der Waals surface area contributed by atoms with E-state index in [1.54, 1.807) is 26.4 Å². The molecule has 0 saturated heterocycles. The van der Waals surface area contributed by atoms with Crippen LogP contribution in [0.2, 0.25) is 0 Å². The predicted octanol–water partition coefficient (Wildman–Crippen LogP) is 2.94. The third kappa shape index (κ3) is 2.90. The van der Waals surface area contributed by atoms with Gasteiger partial charge in [-0.25, -0.2) is 0 Å². The van der Waals surface area contributed by atoms with Crippen LogP contribution in [-0.4, -0.2) is 31.0 Å². The van der Waals surface area contributed by atoms with Crippen LogP contribution in [0.4, 0.5) is 0 Å². The standard InChI is InChI=1S/C18H18N2O4/c1-12(21)20-18(14-9-10-15(22-2)16(11-14)23-3)24-17(19-20)13-7-5-4-6-8-13/h4-11,18H,1-3H3. The van der Waals surface area contributed by atoms with Crippen molar-refractivity contribution < 1.29 is 19.0 Å². The number of carbonyl (C=O) groups is 1. The van der Waals surface area contributed by atoms with Crippen LogP contribution >= 0.6 is 0 Å². The van der Waals surface area contributed by atoms with Crippen LogP contribution in [0.3, 0.4) is 0 Å². The van der Waals surface area contributed by atoms with Gasteiger partial charge in [0, 0.05) is 18.1 Å². The Morgan fingerprint density at radius 2 is 1.79 bits per heavy atom. The van der Waals surface area contributed by atoms with E-state index in [2.05, 4.69) is 5.10 Å². The molecule has 3 rings (SSSR count). The summed E-state index contributed by atoms with van der Waals surface area (Å²) < 4.78 is 16.5. The fourth-order valence-corrected chi connectivity index (χ4v) is 2.49. The van der Waals surface area contributed by atoms with Gasteiger partial charge in [0.1, 0.15) is 0 Å². The number of amides is 1. The van der Waals surface area contributed by atoms with Crippen molar-refractivity contribution in [3.63, 3.8) is 0 Å². The van der Waals surface area contributed by atoms with Gasteiger partial charge in [-0.15, -0.1) is 5.10 Å². The molecule has 24 heavy (non-hydrogen) atoms. The van der Waals surface area contributed by atoms with Crippen LogP contribution in [0.15, 0.2) is 53.6 Å². The highest BCUT2D eigenvalue weighted by Crippen LogP contribution is 2.35. The second-order valence-electron chi connectivity index (χ2n) is 5.22. The van der Waals surface area contributed by atoms with Gasteiger partial charge in [-0.1, -0.05) is 18.2 Å². The number of carbonyl (C=O) groups excluding carboxylic acids is 1. The molecule has 1 amide bonds. The smallest absolute Gasteiger partial charge is 0.243 e. The maximum atomic E-state index is 12.0. The molecule has 6 heteroatoms. The summed E-state index contributed by atoms with van der Waals surface area (Å²) in [5, 5.41) is 5.64. The summed E-state index contributed by atoms with van der Waals surface area (Å²) in [4.78, 5) is 12.0. The summed E-state index contributed by atoms with van der Waals surface area (Å²) in [6, 6.07) is 14.8. The fourth-order valence-electron chi connectivity index (χ4n) is 2.49. The third-order valence-corrected chi connectivity index (χ3v) is 3.68. The minimum absolute atomic E-state index is 0.208. The van der Waals surface area contributed by atoms with Gasteiger partial charge in [-0.3, -0.25) is 4.79 Å². The zero-order valence-corrected chi connectivity index (χ0v) is 13.7. The van der Waals surface area contributed by atoms with Crippen molar-refractivity contribution in [3.05, 3.63) is 59.7 Å². The van der Waals surface area contributed by atoms with Crippen molar-refractivity contribution in [2.45, 2.75) is 13.2 Å². The monoisotopic (exact) mass is 326 g/mol. The molecular formula is C18H18N2O4. The molecule has 0 N–H and O–H groups in total. The van der Waals surface area contributed by atoms with Crippen LogP contribution in [0.25, 0.3) is 0 Å². The van der Waals surface area contributed by atoms with E-state index in [4.69, 9.17) is 14.2 Å². The average molecular weight is 326 g/mol. The van der Waals surface area contributed by atoms with Crippen LogP contribution in [0.1, 0.15) is 24.3 Å². The van der Waals surface area contributed by atoms with E-state index < -0.39 is 6.23 Å². The fraction of sp³-hybridized carbons (Fsp3) is 0.222. The lowest BCUT2D eigenvalue weighted by Crippen LogP contribution is -2.25. The first-order valence-electron chi connectivity index (χ1n) is 7.46. The highest BCUT2D eigenvalue weighted by Gasteiger charge is 2.33. The normalized spacial score (nSPS) is 16.4. The lowest BCUT2D eigenvalue weighted by atomic mass is 10.1. The molecule has 0 bridgehead atoms. The topological polar surface area (TPSA) is 60.4 Å². The average Bonchev–Trinajstić information content (AvgIpc) is 3.07. The highest BCUT2D eigenvalue weighted by molar-refractivity contribution is 5.96. The summed E-state index contributed by atoms with van der Waals surface area (Å²) in [6.07, 6.45) is -0.641. The maximum absolute atomic E-state index is 12.0. The molecule has 0 fully saturated rings. The summed E-state index contributed by atoms with van der Waals surface area (Å²) in [5.41, 5.74) is 1.56. The molecule has 2 aromatic carbocycles. The summed E-state index contributed by atoms with van der Waals surface area (Å²) in [7, 11) is 3.13. The van der Waals surface area contributed by atoms with Gasteiger partial charge in [-0.05, 0) is 30.3 Å². The molecule has 0 spiro atoms. The van der Waals surface area contributed by atoms with Crippen molar-refractivity contribution in [1.29, 1.82) is 0 Å².